The smallest absolute Gasteiger partial charge is 0.0615 e. The maximum atomic E-state index is 9.45. The molecule has 1 saturated carbocycles. The average molecular weight is 167 g/mol. The topological polar surface area (TPSA) is 23.5 Å². The Bertz CT molecular complexity index is 212. The molecule has 2 saturated heterocycles. The fourth-order valence-corrected chi connectivity index (χ4v) is 3.45. The fraction of sp³-hybridized carbons (Fsp3) is 1.00. The number of aliphatic hydroxyl groups excluding tert-OH is 1. The molecule has 1 atom stereocenters. The van der Waals surface area contributed by atoms with E-state index in [1.54, 1.807) is 0 Å². The normalized spacial score (nSPS) is 43.8. The lowest BCUT2D eigenvalue weighted by atomic mass is 9.95. The van der Waals surface area contributed by atoms with Gasteiger partial charge in [0.25, 0.3) is 0 Å². The number of fused-ring (bicyclic) bond motifs is 2. The summed E-state index contributed by atoms with van der Waals surface area (Å²) in [4.78, 5) is 2.64. The highest BCUT2D eigenvalue weighted by molar-refractivity contribution is 5.17. The monoisotopic (exact) mass is 167 g/mol. The summed E-state index contributed by atoms with van der Waals surface area (Å²) >= 11 is 0. The molecule has 68 valence electrons. The first-order valence-corrected chi connectivity index (χ1v) is 5.20. The third-order valence-electron chi connectivity index (χ3n) is 4.35. The van der Waals surface area contributed by atoms with Crippen molar-refractivity contribution < 1.29 is 5.11 Å². The third kappa shape index (κ3) is 0.686. The predicted molar refractivity (Wildman–Crippen MR) is 47.0 cm³/mol. The molecule has 1 spiro atoms. The van der Waals surface area contributed by atoms with E-state index in [1.807, 2.05) is 0 Å². The molecule has 1 unspecified atom stereocenters. The van der Waals surface area contributed by atoms with Crippen LogP contribution in [0.5, 0.6) is 0 Å². The van der Waals surface area contributed by atoms with Gasteiger partial charge < -0.3 is 5.11 Å². The zero-order valence-corrected chi connectivity index (χ0v) is 7.55. The average Bonchev–Trinajstić information content (AvgIpc) is 2.64. The third-order valence-corrected chi connectivity index (χ3v) is 4.35. The van der Waals surface area contributed by atoms with Gasteiger partial charge in [0, 0.05) is 11.1 Å². The molecule has 3 fully saturated rings. The second-order valence-corrected chi connectivity index (χ2v) is 4.86. The van der Waals surface area contributed by atoms with E-state index in [1.165, 1.54) is 45.1 Å². The number of aliphatic hydroxyl groups is 1. The van der Waals surface area contributed by atoms with Crippen LogP contribution in [0, 0.1) is 0 Å². The van der Waals surface area contributed by atoms with Gasteiger partial charge in [-0.2, -0.15) is 0 Å². The fourth-order valence-electron chi connectivity index (χ4n) is 3.45. The van der Waals surface area contributed by atoms with E-state index >= 15 is 0 Å². The van der Waals surface area contributed by atoms with Gasteiger partial charge in [-0.3, -0.25) is 4.90 Å². The highest BCUT2D eigenvalue weighted by Crippen LogP contribution is 2.58. The molecular weight excluding hydrogens is 150 g/mol. The first-order chi connectivity index (χ1) is 5.81. The van der Waals surface area contributed by atoms with Crippen molar-refractivity contribution in [1.82, 2.24) is 4.90 Å². The summed E-state index contributed by atoms with van der Waals surface area (Å²) < 4.78 is 0. The minimum Gasteiger partial charge on any atom is -0.394 e. The Morgan fingerprint density at radius 1 is 1.08 bits per heavy atom. The lowest BCUT2D eigenvalue weighted by Crippen LogP contribution is -2.46. The SMILES string of the molecule is OCC12CCCN1C1(CC2)CC1. The summed E-state index contributed by atoms with van der Waals surface area (Å²) in [5.74, 6) is 0. The molecule has 0 aromatic carbocycles. The largest absolute Gasteiger partial charge is 0.394 e. The zero-order chi connectivity index (χ0) is 8.23. The van der Waals surface area contributed by atoms with Crippen LogP contribution in [0.2, 0.25) is 0 Å². The lowest BCUT2D eigenvalue weighted by molar-refractivity contribution is 0.0707. The Kier molecular flexibility index (Phi) is 1.25. The van der Waals surface area contributed by atoms with Crippen molar-refractivity contribution in [2.24, 2.45) is 0 Å². The van der Waals surface area contributed by atoms with E-state index in [4.69, 9.17) is 0 Å². The van der Waals surface area contributed by atoms with Crippen molar-refractivity contribution in [1.29, 1.82) is 0 Å². The Hall–Kier alpha value is -0.0800. The van der Waals surface area contributed by atoms with Crippen LogP contribution in [-0.4, -0.2) is 34.2 Å². The number of hydrogen-bond donors (Lipinski definition) is 1. The molecule has 0 amide bonds. The molecule has 0 radical (unpaired) electrons. The number of hydrogen-bond acceptors (Lipinski definition) is 2. The Balaban J connectivity index is 1.94. The number of nitrogens with zero attached hydrogens (tertiary/aromatic N) is 1. The molecule has 1 aliphatic carbocycles. The Labute approximate surface area is 73.6 Å². The maximum Gasteiger partial charge on any atom is 0.0615 e. The molecule has 1 N–H and O–H groups in total. The minimum atomic E-state index is 0.233. The molecule has 2 aliphatic heterocycles. The van der Waals surface area contributed by atoms with Gasteiger partial charge in [-0.1, -0.05) is 0 Å². The number of rotatable bonds is 1. The van der Waals surface area contributed by atoms with Crippen molar-refractivity contribution in [3.05, 3.63) is 0 Å². The second-order valence-electron chi connectivity index (χ2n) is 4.86. The molecule has 12 heavy (non-hydrogen) atoms. The highest BCUT2D eigenvalue weighted by Gasteiger charge is 2.61. The first kappa shape index (κ1) is 7.34. The van der Waals surface area contributed by atoms with Crippen LogP contribution in [0.1, 0.15) is 38.5 Å². The van der Waals surface area contributed by atoms with Gasteiger partial charge in [-0.25, -0.2) is 0 Å². The van der Waals surface area contributed by atoms with Crippen LogP contribution in [0.15, 0.2) is 0 Å². The summed E-state index contributed by atoms with van der Waals surface area (Å²) in [6.45, 7) is 1.65. The van der Waals surface area contributed by atoms with E-state index in [0.717, 1.165) is 0 Å². The van der Waals surface area contributed by atoms with E-state index in [9.17, 15) is 5.11 Å². The maximum absolute atomic E-state index is 9.45. The molecule has 3 aliphatic rings. The predicted octanol–water partition coefficient (Wildman–Crippen LogP) is 1.14. The molecule has 0 bridgehead atoms. The molecular formula is C10H17NO. The van der Waals surface area contributed by atoms with Gasteiger partial charge in [0.2, 0.25) is 0 Å². The van der Waals surface area contributed by atoms with Crippen molar-refractivity contribution in [2.45, 2.75) is 49.6 Å². The van der Waals surface area contributed by atoms with Gasteiger partial charge in [-0.15, -0.1) is 0 Å². The summed E-state index contributed by atoms with van der Waals surface area (Å²) in [6.07, 6.45) is 7.95. The summed E-state index contributed by atoms with van der Waals surface area (Å²) in [5, 5.41) is 9.45. The molecule has 2 heterocycles. The van der Waals surface area contributed by atoms with Crippen molar-refractivity contribution in [2.75, 3.05) is 13.2 Å². The van der Waals surface area contributed by atoms with Gasteiger partial charge >= 0.3 is 0 Å². The van der Waals surface area contributed by atoms with Crippen molar-refractivity contribution >= 4 is 0 Å². The quantitative estimate of drug-likeness (QED) is 0.633. The molecule has 0 aromatic heterocycles. The van der Waals surface area contributed by atoms with E-state index in [2.05, 4.69) is 4.90 Å². The highest BCUT2D eigenvalue weighted by atomic mass is 16.3. The van der Waals surface area contributed by atoms with Gasteiger partial charge in [0.15, 0.2) is 0 Å². The molecule has 3 rings (SSSR count). The lowest BCUT2D eigenvalue weighted by Gasteiger charge is -2.33. The second kappa shape index (κ2) is 2.05. The Morgan fingerprint density at radius 2 is 1.83 bits per heavy atom. The molecule has 0 aromatic rings. The summed E-state index contributed by atoms with van der Waals surface area (Å²) in [6, 6.07) is 0. The zero-order valence-electron chi connectivity index (χ0n) is 7.55. The standard InChI is InChI=1S/C10H17NO/c12-8-10-2-1-7-11(10)9(3-4-9)5-6-10/h12H,1-8H2. The first-order valence-electron chi connectivity index (χ1n) is 5.20. The van der Waals surface area contributed by atoms with Crippen LogP contribution >= 0.6 is 0 Å². The van der Waals surface area contributed by atoms with Crippen molar-refractivity contribution in [3.8, 4) is 0 Å². The van der Waals surface area contributed by atoms with Gasteiger partial charge in [0.05, 0.1) is 6.61 Å². The van der Waals surface area contributed by atoms with E-state index in [-0.39, 0.29) is 5.54 Å². The van der Waals surface area contributed by atoms with Gasteiger partial charge in [-0.05, 0) is 45.1 Å². The molecule has 2 heteroatoms. The van der Waals surface area contributed by atoms with Crippen LogP contribution < -0.4 is 0 Å². The van der Waals surface area contributed by atoms with Crippen LogP contribution in [0.3, 0.4) is 0 Å². The van der Waals surface area contributed by atoms with E-state index < -0.39 is 0 Å². The van der Waals surface area contributed by atoms with Crippen LogP contribution in [0.4, 0.5) is 0 Å². The van der Waals surface area contributed by atoms with Crippen molar-refractivity contribution in [3.63, 3.8) is 0 Å². The molecule has 2 nitrogen and oxygen atoms in total. The summed E-state index contributed by atoms with van der Waals surface area (Å²) in [5.41, 5.74) is 0.815. The summed E-state index contributed by atoms with van der Waals surface area (Å²) in [7, 11) is 0. The van der Waals surface area contributed by atoms with Crippen LogP contribution in [0.25, 0.3) is 0 Å². The Morgan fingerprint density at radius 3 is 2.50 bits per heavy atom. The van der Waals surface area contributed by atoms with Gasteiger partial charge in [0.1, 0.15) is 0 Å². The van der Waals surface area contributed by atoms with E-state index in [0.29, 0.717) is 12.1 Å². The van der Waals surface area contributed by atoms with Crippen LogP contribution in [-0.2, 0) is 0 Å². The minimum absolute atomic E-state index is 0.233.